The number of aromatic nitrogens is 4. The number of anilines is 1. The molecule has 0 saturated carbocycles. The highest BCUT2D eigenvalue weighted by atomic mass is 32.1. The van der Waals surface area contributed by atoms with E-state index in [9.17, 15) is 0 Å². The van der Waals surface area contributed by atoms with Gasteiger partial charge < -0.3 is 9.73 Å². The second-order valence-corrected chi connectivity index (χ2v) is 5.32. The van der Waals surface area contributed by atoms with Crippen LogP contribution in [0.15, 0.2) is 28.3 Å². The van der Waals surface area contributed by atoms with Crippen molar-refractivity contribution in [3.63, 3.8) is 0 Å². The van der Waals surface area contributed by atoms with Crippen LogP contribution < -0.4 is 5.32 Å². The highest BCUT2D eigenvalue weighted by Crippen LogP contribution is 2.28. The third kappa shape index (κ3) is 2.57. The second kappa shape index (κ2) is 5.46. The Morgan fingerprint density at radius 2 is 2.30 bits per heavy atom. The van der Waals surface area contributed by atoms with E-state index in [1.807, 2.05) is 35.4 Å². The Hall–Kier alpha value is -2.15. The SMILES string of the molecule is CCn1cc(CNc2nnc(-c3sccc3C)o2)cn1. The summed E-state index contributed by atoms with van der Waals surface area (Å²) in [7, 11) is 0. The van der Waals surface area contributed by atoms with Crippen LogP contribution in [0.1, 0.15) is 18.1 Å². The van der Waals surface area contributed by atoms with E-state index in [1.54, 1.807) is 11.3 Å². The fraction of sp³-hybridized carbons (Fsp3) is 0.308. The minimum absolute atomic E-state index is 0.428. The summed E-state index contributed by atoms with van der Waals surface area (Å²) in [6, 6.07) is 2.47. The first-order chi connectivity index (χ1) is 9.76. The molecule has 3 rings (SSSR count). The molecule has 0 unspecified atom stereocenters. The van der Waals surface area contributed by atoms with Crippen molar-refractivity contribution in [2.24, 2.45) is 0 Å². The summed E-state index contributed by atoms with van der Waals surface area (Å²) < 4.78 is 7.49. The van der Waals surface area contributed by atoms with Crippen molar-refractivity contribution in [1.29, 1.82) is 0 Å². The molecule has 0 spiro atoms. The van der Waals surface area contributed by atoms with Crippen LogP contribution in [0.2, 0.25) is 0 Å². The zero-order chi connectivity index (χ0) is 13.9. The number of thiophene rings is 1. The Morgan fingerprint density at radius 1 is 1.40 bits per heavy atom. The van der Waals surface area contributed by atoms with Gasteiger partial charge in [0, 0.05) is 24.8 Å². The van der Waals surface area contributed by atoms with Crippen molar-refractivity contribution >= 4 is 17.4 Å². The summed E-state index contributed by atoms with van der Waals surface area (Å²) in [4.78, 5) is 1.02. The van der Waals surface area contributed by atoms with Crippen molar-refractivity contribution in [2.45, 2.75) is 26.9 Å². The van der Waals surface area contributed by atoms with Crippen molar-refractivity contribution in [3.05, 3.63) is 35.0 Å². The van der Waals surface area contributed by atoms with Crippen molar-refractivity contribution in [3.8, 4) is 10.8 Å². The summed E-state index contributed by atoms with van der Waals surface area (Å²) >= 11 is 1.60. The molecule has 0 aliphatic carbocycles. The molecule has 3 aromatic rings. The highest BCUT2D eigenvalue weighted by molar-refractivity contribution is 7.13. The molecule has 0 bridgehead atoms. The maximum Gasteiger partial charge on any atom is 0.316 e. The van der Waals surface area contributed by atoms with Gasteiger partial charge in [-0.05, 0) is 30.9 Å². The van der Waals surface area contributed by atoms with Gasteiger partial charge in [-0.2, -0.15) is 5.10 Å². The molecular formula is C13H15N5OS. The van der Waals surface area contributed by atoms with Crippen LogP contribution in [0.5, 0.6) is 0 Å². The summed E-state index contributed by atoms with van der Waals surface area (Å²) in [5, 5.41) is 17.4. The fourth-order valence-corrected chi connectivity index (χ4v) is 2.67. The normalized spacial score (nSPS) is 10.9. The zero-order valence-electron chi connectivity index (χ0n) is 11.3. The van der Waals surface area contributed by atoms with E-state index in [0.717, 1.165) is 22.5 Å². The average molecular weight is 289 g/mol. The van der Waals surface area contributed by atoms with Gasteiger partial charge in [-0.3, -0.25) is 4.68 Å². The van der Waals surface area contributed by atoms with Crippen LogP contribution in [0.3, 0.4) is 0 Å². The maximum atomic E-state index is 5.61. The molecule has 0 aliphatic heterocycles. The number of nitrogens with zero attached hydrogens (tertiary/aromatic N) is 4. The number of hydrogen-bond donors (Lipinski definition) is 1. The summed E-state index contributed by atoms with van der Waals surface area (Å²) in [6.45, 7) is 5.56. The van der Waals surface area contributed by atoms with E-state index in [1.165, 1.54) is 0 Å². The first-order valence-electron chi connectivity index (χ1n) is 6.39. The molecule has 20 heavy (non-hydrogen) atoms. The molecular weight excluding hydrogens is 274 g/mol. The average Bonchev–Trinajstić information content (AvgIpc) is 3.16. The first-order valence-corrected chi connectivity index (χ1v) is 7.27. The minimum atomic E-state index is 0.428. The van der Waals surface area contributed by atoms with E-state index in [0.29, 0.717) is 18.5 Å². The Bertz CT molecular complexity index is 699. The molecule has 6 nitrogen and oxygen atoms in total. The smallest absolute Gasteiger partial charge is 0.316 e. The van der Waals surface area contributed by atoms with Crippen molar-refractivity contribution in [2.75, 3.05) is 5.32 Å². The van der Waals surface area contributed by atoms with Gasteiger partial charge in [0.1, 0.15) is 0 Å². The quantitative estimate of drug-likeness (QED) is 0.782. The Kier molecular flexibility index (Phi) is 3.51. The standard InChI is InChI=1S/C13H15N5OS/c1-3-18-8-10(7-15-18)6-14-13-17-16-12(19-13)11-9(2)4-5-20-11/h4-5,7-8H,3,6H2,1-2H3,(H,14,17). The molecule has 0 amide bonds. The fourth-order valence-electron chi connectivity index (χ4n) is 1.83. The molecule has 0 saturated heterocycles. The number of rotatable bonds is 5. The molecule has 7 heteroatoms. The Morgan fingerprint density at radius 3 is 3.00 bits per heavy atom. The highest BCUT2D eigenvalue weighted by Gasteiger charge is 2.12. The molecule has 0 aliphatic rings. The van der Waals surface area contributed by atoms with E-state index in [4.69, 9.17) is 4.42 Å². The van der Waals surface area contributed by atoms with Gasteiger partial charge in [-0.1, -0.05) is 5.10 Å². The van der Waals surface area contributed by atoms with Gasteiger partial charge in [0.25, 0.3) is 5.89 Å². The lowest BCUT2D eigenvalue weighted by atomic mass is 10.3. The summed E-state index contributed by atoms with van der Waals surface area (Å²) in [5.41, 5.74) is 2.23. The number of aryl methyl sites for hydroxylation is 2. The summed E-state index contributed by atoms with van der Waals surface area (Å²) in [6.07, 6.45) is 3.82. The van der Waals surface area contributed by atoms with Gasteiger partial charge in [0.2, 0.25) is 0 Å². The number of nitrogens with one attached hydrogen (secondary N) is 1. The lowest BCUT2D eigenvalue weighted by Crippen LogP contribution is -1.98. The molecule has 104 valence electrons. The molecule has 3 heterocycles. The Labute approximate surface area is 120 Å². The second-order valence-electron chi connectivity index (χ2n) is 4.40. The van der Waals surface area contributed by atoms with Gasteiger partial charge in [0.15, 0.2) is 0 Å². The van der Waals surface area contributed by atoms with Crippen LogP contribution in [0, 0.1) is 6.92 Å². The lowest BCUT2D eigenvalue weighted by Gasteiger charge is -1.97. The molecule has 0 aromatic carbocycles. The van der Waals surface area contributed by atoms with Crippen LogP contribution in [-0.2, 0) is 13.1 Å². The molecule has 3 aromatic heterocycles. The molecule has 0 fully saturated rings. The van der Waals surface area contributed by atoms with E-state index < -0.39 is 0 Å². The van der Waals surface area contributed by atoms with Gasteiger partial charge in [0.05, 0.1) is 11.1 Å². The van der Waals surface area contributed by atoms with Crippen molar-refractivity contribution < 1.29 is 4.42 Å². The monoisotopic (exact) mass is 289 g/mol. The van der Waals surface area contributed by atoms with E-state index in [-0.39, 0.29) is 0 Å². The summed E-state index contributed by atoms with van der Waals surface area (Å²) in [5.74, 6) is 0.559. The minimum Gasteiger partial charge on any atom is -0.402 e. The topological polar surface area (TPSA) is 68.8 Å². The van der Waals surface area contributed by atoms with Crippen LogP contribution in [-0.4, -0.2) is 20.0 Å². The third-order valence-corrected chi connectivity index (χ3v) is 3.94. The first kappa shape index (κ1) is 12.9. The lowest BCUT2D eigenvalue weighted by molar-refractivity contribution is 0.582. The molecule has 1 N–H and O–H groups in total. The third-order valence-electron chi connectivity index (χ3n) is 2.94. The van der Waals surface area contributed by atoms with Crippen LogP contribution in [0.4, 0.5) is 6.01 Å². The molecule has 0 atom stereocenters. The van der Waals surface area contributed by atoms with E-state index in [2.05, 4.69) is 27.5 Å². The molecule has 0 radical (unpaired) electrons. The maximum absolute atomic E-state index is 5.61. The van der Waals surface area contributed by atoms with Crippen molar-refractivity contribution in [1.82, 2.24) is 20.0 Å². The predicted molar refractivity (Wildman–Crippen MR) is 77.6 cm³/mol. The number of hydrogen-bond acceptors (Lipinski definition) is 6. The van der Waals surface area contributed by atoms with Gasteiger partial charge in [-0.15, -0.1) is 16.4 Å². The van der Waals surface area contributed by atoms with Crippen LogP contribution in [0.25, 0.3) is 10.8 Å². The van der Waals surface area contributed by atoms with E-state index >= 15 is 0 Å². The predicted octanol–water partition coefficient (Wildman–Crippen LogP) is 2.94. The van der Waals surface area contributed by atoms with Gasteiger partial charge >= 0.3 is 6.01 Å². The van der Waals surface area contributed by atoms with Crippen LogP contribution >= 0.6 is 11.3 Å². The van der Waals surface area contributed by atoms with Gasteiger partial charge in [-0.25, -0.2) is 0 Å². The largest absolute Gasteiger partial charge is 0.402 e. The Balaban J connectivity index is 1.67. The zero-order valence-corrected chi connectivity index (χ0v) is 12.1.